The molecule has 3 amide bonds. The Bertz CT molecular complexity index is 1030. The van der Waals surface area contributed by atoms with Crippen molar-refractivity contribution in [1.82, 2.24) is 14.4 Å². The molecule has 1 aliphatic carbocycles. The molecule has 0 spiro atoms. The topological polar surface area (TPSA) is 105 Å². The predicted molar refractivity (Wildman–Crippen MR) is 86.7 cm³/mol. The van der Waals surface area contributed by atoms with E-state index in [0.717, 1.165) is 16.7 Å². The summed E-state index contributed by atoms with van der Waals surface area (Å²) in [5.41, 5.74) is 0.0268. The number of anilines is 1. The number of hydrogen-bond acceptors (Lipinski definition) is 5. The molecular formula is C16H15FN4O5. The van der Waals surface area contributed by atoms with Crippen LogP contribution in [0.3, 0.4) is 0 Å². The third-order valence-corrected chi connectivity index (χ3v) is 4.91. The second-order valence-corrected chi connectivity index (χ2v) is 6.49. The number of likely N-dealkylation sites (N-methyl/N-ethyl adjacent to an activating group) is 1. The first-order valence-corrected chi connectivity index (χ1v) is 7.94. The van der Waals surface area contributed by atoms with Crippen LogP contribution in [0.2, 0.25) is 0 Å². The fraction of sp³-hybridized carbons (Fsp3) is 0.375. The number of aromatic nitrogens is 1. The standard InChI is InChI=1S/C16H15FN4O5/c1-19-9-5-10(9)21(6-13(19)22)15(24)14(23)18-8-4-12-11(3-7(8)17)20(2)16(25)26-12/h3-4,9-10H,5-6H2,1-2H3,(H,18,23)/t9-,10+/m1/s1. The fourth-order valence-corrected chi connectivity index (χ4v) is 3.25. The van der Waals surface area contributed by atoms with E-state index in [4.69, 9.17) is 4.42 Å². The van der Waals surface area contributed by atoms with Gasteiger partial charge in [-0.2, -0.15) is 0 Å². The maximum absolute atomic E-state index is 14.2. The fourth-order valence-electron chi connectivity index (χ4n) is 3.25. The first kappa shape index (κ1) is 16.3. The van der Waals surface area contributed by atoms with E-state index in [9.17, 15) is 23.6 Å². The van der Waals surface area contributed by atoms with Crippen LogP contribution in [0.25, 0.3) is 11.1 Å². The number of aryl methyl sites for hydroxylation is 1. The van der Waals surface area contributed by atoms with Gasteiger partial charge >= 0.3 is 17.6 Å². The van der Waals surface area contributed by atoms with Gasteiger partial charge in [-0.05, 0) is 6.42 Å². The van der Waals surface area contributed by atoms with Gasteiger partial charge in [0.05, 0.1) is 23.3 Å². The number of benzene rings is 1. The molecule has 4 rings (SSSR count). The van der Waals surface area contributed by atoms with Gasteiger partial charge < -0.3 is 19.5 Å². The summed E-state index contributed by atoms with van der Waals surface area (Å²) < 4.78 is 20.3. The summed E-state index contributed by atoms with van der Waals surface area (Å²) in [6.45, 7) is -0.182. The van der Waals surface area contributed by atoms with Gasteiger partial charge in [0.15, 0.2) is 5.58 Å². The molecule has 1 aromatic carbocycles. The summed E-state index contributed by atoms with van der Waals surface area (Å²) >= 11 is 0. The monoisotopic (exact) mass is 362 g/mol. The molecule has 1 saturated heterocycles. The van der Waals surface area contributed by atoms with Crippen LogP contribution in [-0.4, -0.2) is 57.8 Å². The highest BCUT2D eigenvalue weighted by Gasteiger charge is 2.53. The van der Waals surface area contributed by atoms with Crippen molar-refractivity contribution in [3.63, 3.8) is 0 Å². The molecule has 0 radical (unpaired) electrons. The molecule has 2 heterocycles. The van der Waals surface area contributed by atoms with Crippen LogP contribution < -0.4 is 11.1 Å². The lowest BCUT2D eigenvalue weighted by Crippen LogP contribution is -2.53. The zero-order valence-electron chi connectivity index (χ0n) is 14.0. The molecule has 9 nitrogen and oxygen atoms in total. The molecule has 2 aromatic rings. The number of carbonyl (C=O) groups excluding carboxylic acids is 3. The second kappa shape index (κ2) is 5.41. The highest BCUT2D eigenvalue weighted by Crippen LogP contribution is 2.36. The summed E-state index contributed by atoms with van der Waals surface area (Å²) in [7, 11) is 3.08. The molecule has 1 aromatic heterocycles. The quantitative estimate of drug-likeness (QED) is 0.699. The van der Waals surface area contributed by atoms with Crippen molar-refractivity contribution < 1.29 is 23.2 Å². The third-order valence-electron chi connectivity index (χ3n) is 4.91. The maximum atomic E-state index is 14.2. The first-order valence-electron chi connectivity index (χ1n) is 7.94. The average Bonchev–Trinajstić information content (AvgIpc) is 3.35. The molecule has 1 N–H and O–H groups in total. The number of piperazine rings is 1. The molecule has 2 fully saturated rings. The van der Waals surface area contributed by atoms with Crippen LogP contribution in [-0.2, 0) is 21.4 Å². The van der Waals surface area contributed by atoms with Gasteiger partial charge in [0.25, 0.3) is 0 Å². The minimum atomic E-state index is -1.05. The van der Waals surface area contributed by atoms with Crippen LogP contribution >= 0.6 is 0 Å². The highest BCUT2D eigenvalue weighted by atomic mass is 19.1. The van der Waals surface area contributed by atoms with Crippen LogP contribution in [0.15, 0.2) is 21.3 Å². The molecule has 26 heavy (non-hydrogen) atoms. The van der Waals surface area contributed by atoms with Crippen molar-refractivity contribution >= 4 is 34.5 Å². The zero-order chi connectivity index (χ0) is 18.7. The van der Waals surface area contributed by atoms with Gasteiger partial charge in [-0.3, -0.25) is 19.0 Å². The second-order valence-electron chi connectivity index (χ2n) is 6.49. The predicted octanol–water partition coefficient (Wildman–Crippen LogP) is -0.349. The van der Waals surface area contributed by atoms with Crippen LogP contribution in [0.1, 0.15) is 6.42 Å². The van der Waals surface area contributed by atoms with Crippen molar-refractivity contribution in [3.05, 3.63) is 28.5 Å². The van der Waals surface area contributed by atoms with Gasteiger partial charge in [0, 0.05) is 26.2 Å². The Morgan fingerprint density at radius 1 is 1.23 bits per heavy atom. The van der Waals surface area contributed by atoms with E-state index in [1.807, 2.05) is 0 Å². The lowest BCUT2D eigenvalue weighted by atomic mass is 10.2. The largest absolute Gasteiger partial charge is 0.419 e. The molecule has 136 valence electrons. The van der Waals surface area contributed by atoms with Gasteiger partial charge in [-0.1, -0.05) is 0 Å². The van der Waals surface area contributed by atoms with Gasteiger partial charge in [0.2, 0.25) is 5.91 Å². The average molecular weight is 362 g/mol. The SMILES string of the molecule is CN1C(=O)CN(C(=O)C(=O)Nc2cc3oc(=O)n(C)c3cc2F)[C@H]2C[C@H]21. The number of oxazole rings is 1. The Labute approximate surface area is 145 Å². The van der Waals surface area contributed by atoms with Crippen LogP contribution in [0, 0.1) is 5.82 Å². The molecular weight excluding hydrogens is 347 g/mol. The summed E-state index contributed by atoms with van der Waals surface area (Å²) in [6.07, 6.45) is 0.622. The van der Waals surface area contributed by atoms with Crippen molar-refractivity contribution in [1.29, 1.82) is 0 Å². The van der Waals surface area contributed by atoms with Crippen molar-refractivity contribution in [3.8, 4) is 0 Å². The lowest BCUT2D eigenvalue weighted by Gasteiger charge is -2.30. The van der Waals surface area contributed by atoms with E-state index in [-0.39, 0.29) is 41.3 Å². The van der Waals surface area contributed by atoms with Crippen molar-refractivity contribution in [2.45, 2.75) is 18.5 Å². The van der Waals surface area contributed by atoms with Gasteiger partial charge in [0.1, 0.15) is 12.4 Å². The molecule has 1 aliphatic heterocycles. The molecule has 2 atom stereocenters. The molecule has 2 aliphatic rings. The maximum Gasteiger partial charge on any atom is 0.419 e. The van der Waals surface area contributed by atoms with Gasteiger partial charge in [-0.25, -0.2) is 9.18 Å². The smallest absolute Gasteiger partial charge is 0.408 e. The molecule has 0 bridgehead atoms. The van der Waals surface area contributed by atoms with Crippen LogP contribution in [0.5, 0.6) is 0 Å². The zero-order valence-corrected chi connectivity index (χ0v) is 14.0. The van der Waals surface area contributed by atoms with E-state index in [0.29, 0.717) is 6.42 Å². The van der Waals surface area contributed by atoms with Crippen molar-refractivity contribution in [2.75, 3.05) is 18.9 Å². The van der Waals surface area contributed by atoms with E-state index in [1.54, 1.807) is 11.9 Å². The number of nitrogens with one attached hydrogen (secondary N) is 1. The number of halogens is 1. The van der Waals surface area contributed by atoms with E-state index in [2.05, 4.69) is 5.32 Å². The third kappa shape index (κ3) is 2.37. The number of rotatable bonds is 1. The van der Waals surface area contributed by atoms with E-state index >= 15 is 0 Å². The number of carbonyl (C=O) groups is 3. The summed E-state index contributed by atoms with van der Waals surface area (Å²) in [4.78, 5) is 50.7. The van der Waals surface area contributed by atoms with E-state index in [1.165, 1.54) is 11.9 Å². The summed E-state index contributed by atoms with van der Waals surface area (Å²) in [5, 5.41) is 2.19. The van der Waals surface area contributed by atoms with Gasteiger partial charge in [-0.15, -0.1) is 0 Å². The molecule has 1 saturated carbocycles. The Kier molecular flexibility index (Phi) is 3.40. The first-order chi connectivity index (χ1) is 12.3. The summed E-state index contributed by atoms with van der Waals surface area (Å²) in [6, 6.07) is 1.93. The summed E-state index contributed by atoms with van der Waals surface area (Å²) in [5.74, 6) is -3.68. The Morgan fingerprint density at radius 3 is 2.69 bits per heavy atom. The minimum Gasteiger partial charge on any atom is -0.408 e. The molecule has 0 unspecified atom stereocenters. The Hall–Kier alpha value is -3.17. The number of nitrogens with zero attached hydrogens (tertiary/aromatic N) is 3. The van der Waals surface area contributed by atoms with E-state index < -0.39 is 23.4 Å². The van der Waals surface area contributed by atoms with Crippen LogP contribution in [0.4, 0.5) is 10.1 Å². The number of amides is 3. The highest BCUT2D eigenvalue weighted by molar-refractivity contribution is 6.40. The normalized spacial score (nSPS) is 21.7. The Morgan fingerprint density at radius 2 is 1.96 bits per heavy atom. The number of fused-ring (bicyclic) bond motifs is 2. The Balaban J connectivity index is 1.56. The number of hydrogen-bond donors (Lipinski definition) is 1. The lowest BCUT2D eigenvalue weighted by molar-refractivity contribution is -0.149. The van der Waals surface area contributed by atoms with Crippen molar-refractivity contribution in [2.24, 2.45) is 7.05 Å². The molecule has 10 heteroatoms. The minimum absolute atomic E-state index is 0.0697.